The van der Waals surface area contributed by atoms with Crippen LogP contribution in [0.5, 0.6) is 0 Å². The maximum atomic E-state index is 10.6. The summed E-state index contributed by atoms with van der Waals surface area (Å²) in [5.41, 5.74) is 4.99. The van der Waals surface area contributed by atoms with E-state index in [-0.39, 0.29) is 0 Å². The lowest BCUT2D eigenvalue weighted by Gasteiger charge is -2.28. The molecule has 1 aromatic heterocycles. The lowest BCUT2D eigenvalue weighted by Crippen LogP contribution is -2.13. The standard InChI is InChI=1S/C25H31NO/c1-2-3-4-6-21-10-17-25(26-19-21)24-15-13-23(14-16-24)22-11-8-20(9-12-22)7-5-18-27/h2,10,13-20,22H,1,3-9,11-12H2/t20-,22-. The summed E-state index contributed by atoms with van der Waals surface area (Å²) >= 11 is 0. The highest BCUT2D eigenvalue weighted by Crippen LogP contribution is 2.37. The molecule has 27 heavy (non-hydrogen) atoms. The monoisotopic (exact) mass is 361 g/mol. The number of nitrogens with zero attached hydrogens (tertiary/aromatic N) is 1. The van der Waals surface area contributed by atoms with Gasteiger partial charge >= 0.3 is 0 Å². The Balaban J connectivity index is 1.56. The largest absolute Gasteiger partial charge is 0.303 e. The smallest absolute Gasteiger partial charge is 0.120 e. The number of hydrogen-bond donors (Lipinski definition) is 0. The minimum Gasteiger partial charge on any atom is -0.303 e. The average molecular weight is 362 g/mol. The highest BCUT2D eigenvalue weighted by Gasteiger charge is 2.22. The third-order valence-corrected chi connectivity index (χ3v) is 5.92. The average Bonchev–Trinajstić information content (AvgIpc) is 2.73. The Kier molecular flexibility index (Phi) is 7.38. The van der Waals surface area contributed by atoms with Crippen LogP contribution in [0.2, 0.25) is 0 Å². The number of unbranched alkanes of at least 4 members (excludes halogenated alkanes) is 1. The minimum absolute atomic E-state index is 0.673. The van der Waals surface area contributed by atoms with Crippen molar-refractivity contribution in [3.63, 3.8) is 0 Å². The Hall–Kier alpha value is -2.22. The van der Waals surface area contributed by atoms with Crippen LogP contribution in [0.4, 0.5) is 0 Å². The molecule has 2 heteroatoms. The molecule has 142 valence electrons. The summed E-state index contributed by atoms with van der Waals surface area (Å²) in [5.74, 6) is 1.42. The normalized spacial score (nSPS) is 19.6. The van der Waals surface area contributed by atoms with Gasteiger partial charge in [0.25, 0.3) is 0 Å². The van der Waals surface area contributed by atoms with Gasteiger partial charge in [-0.1, -0.05) is 36.4 Å². The lowest BCUT2D eigenvalue weighted by atomic mass is 9.77. The van der Waals surface area contributed by atoms with Gasteiger partial charge in [-0.15, -0.1) is 6.58 Å². The quantitative estimate of drug-likeness (QED) is 0.289. The molecule has 0 unspecified atom stereocenters. The SMILES string of the molecule is C=CCCCc1ccc(-c2ccc([C@H]3CC[C@H](CCC=O)CC3)cc2)nc1. The molecule has 2 aromatic rings. The van der Waals surface area contributed by atoms with Gasteiger partial charge in [0.15, 0.2) is 0 Å². The molecular formula is C25H31NO. The first kappa shape index (κ1) is 19.5. The van der Waals surface area contributed by atoms with Crippen LogP contribution in [0.3, 0.4) is 0 Å². The van der Waals surface area contributed by atoms with Crippen molar-refractivity contribution in [2.45, 2.75) is 63.7 Å². The van der Waals surface area contributed by atoms with Crippen LogP contribution in [-0.2, 0) is 11.2 Å². The molecule has 0 saturated heterocycles. The van der Waals surface area contributed by atoms with Gasteiger partial charge in [-0.25, -0.2) is 0 Å². The zero-order chi connectivity index (χ0) is 18.9. The molecule has 0 amide bonds. The molecular weight excluding hydrogens is 330 g/mol. The van der Waals surface area contributed by atoms with E-state index in [0.717, 1.165) is 50.0 Å². The first-order valence-corrected chi connectivity index (χ1v) is 10.4. The van der Waals surface area contributed by atoms with Crippen molar-refractivity contribution in [1.82, 2.24) is 4.98 Å². The molecule has 0 atom stereocenters. The number of hydrogen-bond acceptors (Lipinski definition) is 2. The molecule has 1 heterocycles. The number of aryl methyl sites for hydroxylation is 1. The fourth-order valence-corrected chi connectivity index (χ4v) is 4.21. The van der Waals surface area contributed by atoms with E-state index >= 15 is 0 Å². The van der Waals surface area contributed by atoms with Gasteiger partial charge in [-0.3, -0.25) is 4.98 Å². The van der Waals surface area contributed by atoms with Crippen molar-refractivity contribution in [1.29, 1.82) is 0 Å². The Morgan fingerprint density at radius 3 is 2.41 bits per heavy atom. The zero-order valence-corrected chi connectivity index (χ0v) is 16.3. The van der Waals surface area contributed by atoms with Crippen molar-refractivity contribution in [3.8, 4) is 11.3 Å². The number of allylic oxidation sites excluding steroid dienone is 1. The molecule has 0 spiro atoms. The molecule has 0 bridgehead atoms. The maximum absolute atomic E-state index is 10.6. The fraction of sp³-hybridized carbons (Fsp3) is 0.440. The summed E-state index contributed by atoms with van der Waals surface area (Å²) in [5, 5.41) is 0. The van der Waals surface area contributed by atoms with Gasteiger partial charge < -0.3 is 4.79 Å². The number of benzene rings is 1. The maximum Gasteiger partial charge on any atom is 0.120 e. The van der Waals surface area contributed by atoms with Gasteiger partial charge in [-0.2, -0.15) is 0 Å². The second-order valence-electron chi connectivity index (χ2n) is 7.82. The van der Waals surface area contributed by atoms with Gasteiger partial charge in [0.1, 0.15) is 6.29 Å². The van der Waals surface area contributed by atoms with E-state index in [1.54, 1.807) is 0 Å². The van der Waals surface area contributed by atoms with Crippen molar-refractivity contribution in [2.75, 3.05) is 0 Å². The molecule has 1 aliphatic rings. The molecule has 0 N–H and O–H groups in total. The molecule has 1 aromatic carbocycles. The second-order valence-corrected chi connectivity index (χ2v) is 7.82. The number of aldehydes is 1. The summed E-state index contributed by atoms with van der Waals surface area (Å²) in [6.07, 6.45) is 15.1. The number of carbonyl (C=O) groups is 1. The first-order valence-electron chi connectivity index (χ1n) is 10.4. The van der Waals surface area contributed by atoms with E-state index in [0.29, 0.717) is 5.92 Å². The Morgan fingerprint density at radius 1 is 1.00 bits per heavy atom. The number of aromatic nitrogens is 1. The molecule has 2 nitrogen and oxygen atoms in total. The van der Waals surface area contributed by atoms with Gasteiger partial charge in [0, 0.05) is 18.2 Å². The van der Waals surface area contributed by atoms with E-state index in [2.05, 4.69) is 48.0 Å². The topological polar surface area (TPSA) is 30.0 Å². The molecule has 1 fully saturated rings. The van der Waals surface area contributed by atoms with E-state index in [4.69, 9.17) is 0 Å². The Morgan fingerprint density at radius 2 is 1.78 bits per heavy atom. The number of carbonyl (C=O) groups excluding carboxylic acids is 1. The van der Waals surface area contributed by atoms with Crippen molar-refractivity contribution in [2.24, 2.45) is 5.92 Å². The van der Waals surface area contributed by atoms with E-state index in [1.165, 1.54) is 42.4 Å². The molecule has 0 aliphatic heterocycles. The Labute approximate surface area is 163 Å². The van der Waals surface area contributed by atoms with Crippen LogP contribution in [0.15, 0.2) is 55.3 Å². The van der Waals surface area contributed by atoms with Gasteiger partial charge in [-0.05, 0) is 80.4 Å². The van der Waals surface area contributed by atoms with Crippen LogP contribution < -0.4 is 0 Å². The van der Waals surface area contributed by atoms with E-state index < -0.39 is 0 Å². The highest BCUT2D eigenvalue weighted by atomic mass is 16.1. The van der Waals surface area contributed by atoms with Gasteiger partial charge in [0.05, 0.1) is 5.69 Å². The van der Waals surface area contributed by atoms with Crippen LogP contribution in [0.25, 0.3) is 11.3 Å². The van der Waals surface area contributed by atoms with Crippen LogP contribution in [-0.4, -0.2) is 11.3 Å². The molecule has 1 aliphatic carbocycles. The molecule has 1 saturated carbocycles. The molecule has 0 radical (unpaired) electrons. The van der Waals surface area contributed by atoms with Gasteiger partial charge in [0.2, 0.25) is 0 Å². The second kappa shape index (κ2) is 10.2. The Bertz CT molecular complexity index is 709. The van der Waals surface area contributed by atoms with Crippen molar-refractivity contribution < 1.29 is 4.79 Å². The lowest BCUT2D eigenvalue weighted by molar-refractivity contribution is -0.108. The summed E-state index contributed by atoms with van der Waals surface area (Å²) in [4.78, 5) is 15.2. The number of rotatable bonds is 9. The fourth-order valence-electron chi connectivity index (χ4n) is 4.21. The minimum atomic E-state index is 0.673. The molecule has 3 rings (SSSR count). The highest BCUT2D eigenvalue weighted by molar-refractivity contribution is 5.59. The predicted octanol–water partition coefficient (Wildman–Crippen LogP) is 6.51. The van der Waals surface area contributed by atoms with Crippen molar-refractivity contribution >= 4 is 6.29 Å². The summed E-state index contributed by atoms with van der Waals surface area (Å²) in [6, 6.07) is 13.3. The van der Waals surface area contributed by atoms with Crippen LogP contribution in [0.1, 0.15) is 68.4 Å². The third kappa shape index (κ3) is 5.63. The summed E-state index contributed by atoms with van der Waals surface area (Å²) in [7, 11) is 0. The van der Waals surface area contributed by atoms with E-state index in [1.807, 2.05) is 12.3 Å². The summed E-state index contributed by atoms with van der Waals surface area (Å²) in [6.45, 7) is 3.77. The first-order chi connectivity index (χ1) is 13.3. The number of pyridine rings is 1. The summed E-state index contributed by atoms with van der Waals surface area (Å²) < 4.78 is 0. The third-order valence-electron chi connectivity index (χ3n) is 5.92. The predicted molar refractivity (Wildman–Crippen MR) is 113 cm³/mol. The van der Waals surface area contributed by atoms with Crippen LogP contribution >= 0.6 is 0 Å². The van der Waals surface area contributed by atoms with E-state index in [9.17, 15) is 4.79 Å². The van der Waals surface area contributed by atoms with Crippen molar-refractivity contribution in [3.05, 3.63) is 66.4 Å². The van der Waals surface area contributed by atoms with Crippen LogP contribution in [0, 0.1) is 5.92 Å². The zero-order valence-electron chi connectivity index (χ0n) is 16.3.